The molecule has 0 aliphatic rings. The van der Waals surface area contributed by atoms with Crippen LogP contribution in [0.5, 0.6) is 0 Å². The second-order valence-electron chi connectivity index (χ2n) is 3.43. The summed E-state index contributed by atoms with van der Waals surface area (Å²) in [4.78, 5) is 4.00. The molecule has 1 radical (unpaired) electrons. The van der Waals surface area contributed by atoms with Crippen molar-refractivity contribution >= 4 is 0 Å². The van der Waals surface area contributed by atoms with Crippen LogP contribution in [0.1, 0.15) is 16.7 Å². The van der Waals surface area contributed by atoms with Crippen LogP contribution in [0, 0.1) is 6.07 Å². The van der Waals surface area contributed by atoms with Gasteiger partial charge in [-0.3, -0.25) is 4.98 Å². The summed E-state index contributed by atoms with van der Waals surface area (Å²) in [5, 5.41) is 0. The molecule has 0 aliphatic heterocycles. The number of aromatic nitrogens is 1. The predicted molar refractivity (Wildman–Crippen MR) is 60.2 cm³/mol. The maximum atomic E-state index is 5.67. The largest absolute Gasteiger partial charge is 0.326 e. The first-order valence-electron chi connectivity index (χ1n) is 4.97. The van der Waals surface area contributed by atoms with E-state index in [9.17, 15) is 0 Å². The highest BCUT2D eigenvalue weighted by Crippen LogP contribution is 2.12. The first-order valence-corrected chi connectivity index (χ1v) is 4.97. The third-order valence-electron chi connectivity index (χ3n) is 2.41. The molecule has 0 amide bonds. The van der Waals surface area contributed by atoms with Gasteiger partial charge >= 0.3 is 0 Å². The lowest BCUT2D eigenvalue weighted by atomic mass is 10.0. The highest BCUT2D eigenvalue weighted by Gasteiger charge is 2.00. The van der Waals surface area contributed by atoms with Gasteiger partial charge in [0, 0.05) is 18.9 Å². The molecule has 2 rings (SSSR count). The van der Waals surface area contributed by atoms with Crippen molar-refractivity contribution in [3.05, 3.63) is 65.5 Å². The average Bonchev–Trinajstić information content (AvgIpc) is 2.31. The summed E-state index contributed by atoms with van der Waals surface area (Å²) in [5.41, 5.74) is 9.35. The Bertz CT molecular complexity index is 424. The minimum absolute atomic E-state index is 0.567. The van der Waals surface area contributed by atoms with E-state index in [4.69, 9.17) is 5.73 Å². The fraction of sp³-hybridized carbons (Fsp3) is 0.154. The Balaban J connectivity index is 2.24. The molecule has 1 aromatic heterocycles. The third-order valence-corrected chi connectivity index (χ3v) is 2.41. The molecule has 0 unspecified atom stereocenters. The molecule has 2 nitrogen and oxygen atoms in total. The number of rotatable bonds is 3. The Kier molecular flexibility index (Phi) is 3.10. The van der Waals surface area contributed by atoms with Gasteiger partial charge in [0.1, 0.15) is 0 Å². The zero-order valence-electron chi connectivity index (χ0n) is 8.48. The van der Waals surface area contributed by atoms with Gasteiger partial charge in [0.05, 0.1) is 0 Å². The average molecular weight is 197 g/mol. The number of nitrogens with zero attached hydrogens (tertiary/aromatic N) is 1. The Morgan fingerprint density at radius 2 is 1.93 bits per heavy atom. The molecule has 1 heterocycles. The van der Waals surface area contributed by atoms with Gasteiger partial charge in [0.2, 0.25) is 0 Å². The molecule has 0 saturated carbocycles. The van der Waals surface area contributed by atoms with Crippen molar-refractivity contribution in [3.63, 3.8) is 0 Å². The van der Waals surface area contributed by atoms with E-state index in [2.05, 4.69) is 17.1 Å². The van der Waals surface area contributed by atoms with Crippen LogP contribution in [0.15, 0.2) is 42.7 Å². The zero-order chi connectivity index (χ0) is 10.5. The molecule has 2 heteroatoms. The minimum atomic E-state index is 0.567. The zero-order valence-corrected chi connectivity index (χ0v) is 8.48. The Hall–Kier alpha value is -1.67. The lowest BCUT2D eigenvalue weighted by Crippen LogP contribution is -2.01. The van der Waals surface area contributed by atoms with E-state index in [0.717, 1.165) is 12.0 Å². The van der Waals surface area contributed by atoms with E-state index in [1.807, 2.05) is 36.7 Å². The Morgan fingerprint density at radius 1 is 1.13 bits per heavy atom. The van der Waals surface area contributed by atoms with Crippen LogP contribution in [0.3, 0.4) is 0 Å². The summed E-state index contributed by atoms with van der Waals surface area (Å²) in [5.74, 6) is 0. The molecule has 75 valence electrons. The van der Waals surface area contributed by atoms with Crippen LogP contribution in [0.25, 0.3) is 0 Å². The third kappa shape index (κ3) is 2.42. The van der Waals surface area contributed by atoms with Crippen LogP contribution in [-0.2, 0) is 13.0 Å². The summed E-state index contributed by atoms with van der Waals surface area (Å²) < 4.78 is 0. The summed E-state index contributed by atoms with van der Waals surface area (Å²) in [6, 6.07) is 13.0. The first-order chi connectivity index (χ1) is 7.40. The van der Waals surface area contributed by atoms with Crippen molar-refractivity contribution in [1.29, 1.82) is 0 Å². The van der Waals surface area contributed by atoms with E-state index < -0.39 is 0 Å². The van der Waals surface area contributed by atoms with E-state index in [0.29, 0.717) is 6.54 Å². The summed E-state index contributed by atoms with van der Waals surface area (Å²) >= 11 is 0. The van der Waals surface area contributed by atoms with Crippen molar-refractivity contribution in [2.24, 2.45) is 5.73 Å². The lowest BCUT2D eigenvalue weighted by molar-refractivity contribution is 1.02. The molecule has 2 N–H and O–H groups in total. The van der Waals surface area contributed by atoms with Crippen molar-refractivity contribution in [2.45, 2.75) is 13.0 Å². The van der Waals surface area contributed by atoms with Gasteiger partial charge in [0.25, 0.3) is 0 Å². The molecule has 0 bridgehead atoms. The summed E-state index contributed by atoms with van der Waals surface area (Å²) in [6.45, 7) is 0.567. The van der Waals surface area contributed by atoms with E-state index in [-0.39, 0.29) is 0 Å². The van der Waals surface area contributed by atoms with Gasteiger partial charge in [-0.25, -0.2) is 0 Å². The summed E-state index contributed by atoms with van der Waals surface area (Å²) in [7, 11) is 0. The minimum Gasteiger partial charge on any atom is -0.326 e. The topological polar surface area (TPSA) is 38.9 Å². The number of benzene rings is 1. The molecule has 0 aliphatic carbocycles. The van der Waals surface area contributed by atoms with Gasteiger partial charge in [-0.1, -0.05) is 12.1 Å². The maximum absolute atomic E-state index is 5.67. The van der Waals surface area contributed by atoms with Crippen molar-refractivity contribution in [3.8, 4) is 0 Å². The van der Waals surface area contributed by atoms with Gasteiger partial charge in [-0.15, -0.1) is 0 Å². The standard InChI is InChI=1S/C13H13N2/c14-10-13-4-2-1-3-12(13)9-11-5-7-15-8-6-11/h1,3-8H,9-10,14H2. The first kappa shape index (κ1) is 9.87. The number of hydrogen-bond donors (Lipinski definition) is 1. The monoisotopic (exact) mass is 197 g/mol. The maximum Gasteiger partial charge on any atom is 0.0270 e. The molecule has 2 aromatic rings. The van der Waals surface area contributed by atoms with Gasteiger partial charge in [-0.05, 0) is 47.4 Å². The lowest BCUT2D eigenvalue weighted by Gasteiger charge is -2.06. The van der Waals surface area contributed by atoms with E-state index in [1.165, 1.54) is 11.1 Å². The molecule has 15 heavy (non-hydrogen) atoms. The molecular formula is C13H13N2. The highest BCUT2D eigenvalue weighted by atomic mass is 14.6. The second-order valence-corrected chi connectivity index (χ2v) is 3.43. The number of pyridine rings is 1. The second kappa shape index (κ2) is 4.71. The van der Waals surface area contributed by atoms with Crippen LogP contribution in [0.2, 0.25) is 0 Å². The predicted octanol–water partition coefficient (Wildman–Crippen LogP) is 1.93. The van der Waals surface area contributed by atoms with Crippen molar-refractivity contribution in [1.82, 2.24) is 4.98 Å². The quantitative estimate of drug-likeness (QED) is 0.816. The van der Waals surface area contributed by atoms with Crippen molar-refractivity contribution < 1.29 is 0 Å². The normalized spacial score (nSPS) is 10.2. The van der Waals surface area contributed by atoms with Gasteiger partial charge < -0.3 is 5.73 Å². The molecule has 1 aromatic carbocycles. The van der Waals surface area contributed by atoms with Crippen LogP contribution < -0.4 is 5.73 Å². The molecule has 0 saturated heterocycles. The van der Waals surface area contributed by atoms with Crippen LogP contribution in [0.4, 0.5) is 0 Å². The van der Waals surface area contributed by atoms with Crippen LogP contribution >= 0.6 is 0 Å². The number of hydrogen-bond acceptors (Lipinski definition) is 2. The SMILES string of the molecule is NCc1c[c]ccc1Cc1ccncc1. The molecule has 0 spiro atoms. The Morgan fingerprint density at radius 3 is 2.67 bits per heavy atom. The van der Waals surface area contributed by atoms with Gasteiger partial charge in [0.15, 0.2) is 0 Å². The van der Waals surface area contributed by atoms with Gasteiger partial charge in [-0.2, -0.15) is 0 Å². The van der Waals surface area contributed by atoms with Crippen molar-refractivity contribution in [2.75, 3.05) is 0 Å². The fourth-order valence-corrected chi connectivity index (χ4v) is 1.58. The summed E-state index contributed by atoms with van der Waals surface area (Å²) in [6.07, 6.45) is 4.53. The Labute approximate surface area is 89.8 Å². The van der Waals surface area contributed by atoms with E-state index in [1.54, 1.807) is 0 Å². The highest BCUT2D eigenvalue weighted by molar-refractivity contribution is 5.31. The molecule has 0 fully saturated rings. The number of nitrogens with two attached hydrogens (primary N) is 1. The molecule has 0 atom stereocenters. The van der Waals surface area contributed by atoms with E-state index >= 15 is 0 Å². The van der Waals surface area contributed by atoms with Crippen LogP contribution in [-0.4, -0.2) is 4.98 Å². The fourth-order valence-electron chi connectivity index (χ4n) is 1.58. The molecular weight excluding hydrogens is 184 g/mol. The smallest absolute Gasteiger partial charge is 0.0270 e.